The third-order valence-corrected chi connectivity index (χ3v) is 7.39. The molecule has 10 heteroatoms. The van der Waals surface area contributed by atoms with E-state index in [9.17, 15) is 8.42 Å². The van der Waals surface area contributed by atoms with E-state index in [0.29, 0.717) is 32.2 Å². The highest BCUT2D eigenvalue weighted by molar-refractivity contribution is 14.0. The number of halogens is 1. The molecule has 2 aliphatic rings. The fraction of sp³-hybridized carbons (Fsp3) is 0.947. The molecule has 0 amide bonds. The average Bonchev–Trinajstić information content (AvgIpc) is 2.66. The fourth-order valence-corrected chi connectivity index (χ4v) is 5.11. The molecule has 2 rings (SSSR count). The lowest BCUT2D eigenvalue weighted by atomic mass is 10.0. The van der Waals surface area contributed by atoms with Crippen LogP contribution in [0.3, 0.4) is 0 Å². The van der Waals surface area contributed by atoms with Gasteiger partial charge in [-0.05, 0) is 40.2 Å². The summed E-state index contributed by atoms with van der Waals surface area (Å²) in [5.74, 6) is 0.913. The second kappa shape index (κ2) is 13.3. The summed E-state index contributed by atoms with van der Waals surface area (Å²) in [5.41, 5.74) is 0. The van der Waals surface area contributed by atoms with Crippen LogP contribution < -0.4 is 5.32 Å². The Hall–Kier alpha value is -0.170. The van der Waals surface area contributed by atoms with Crippen molar-refractivity contribution in [2.24, 2.45) is 4.99 Å². The zero-order valence-corrected chi connectivity index (χ0v) is 21.6. The summed E-state index contributed by atoms with van der Waals surface area (Å²) in [6, 6.07) is 0.658. The predicted octanol–water partition coefficient (Wildman–Crippen LogP) is 1.43. The number of guanidine groups is 1. The Kier molecular flexibility index (Phi) is 12.3. The molecular weight excluding hydrogens is 505 g/mol. The molecule has 0 aliphatic carbocycles. The van der Waals surface area contributed by atoms with Gasteiger partial charge in [-0.1, -0.05) is 6.42 Å². The molecule has 0 aromatic carbocycles. The number of piperazine rings is 1. The first kappa shape index (κ1) is 26.9. The first-order chi connectivity index (χ1) is 13.3. The van der Waals surface area contributed by atoms with Crippen LogP contribution >= 0.6 is 24.0 Å². The van der Waals surface area contributed by atoms with Crippen molar-refractivity contribution in [1.29, 1.82) is 0 Å². The minimum Gasteiger partial charge on any atom is -0.378 e. The summed E-state index contributed by atoms with van der Waals surface area (Å²) in [4.78, 5) is 9.08. The van der Waals surface area contributed by atoms with Crippen LogP contribution in [0.1, 0.15) is 40.0 Å². The lowest BCUT2D eigenvalue weighted by molar-refractivity contribution is 0.0904. The van der Waals surface area contributed by atoms with E-state index in [2.05, 4.69) is 27.0 Å². The van der Waals surface area contributed by atoms with E-state index >= 15 is 0 Å². The Bertz CT molecular complexity index is 595. The number of hydrogen-bond donors (Lipinski definition) is 1. The summed E-state index contributed by atoms with van der Waals surface area (Å²) < 4.78 is 31.9. The van der Waals surface area contributed by atoms with Gasteiger partial charge in [-0.3, -0.25) is 9.89 Å². The van der Waals surface area contributed by atoms with E-state index in [4.69, 9.17) is 4.74 Å². The summed E-state index contributed by atoms with van der Waals surface area (Å²) in [6.45, 7) is 11.7. The summed E-state index contributed by atoms with van der Waals surface area (Å²) >= 11 is 0. The standard InChI is InChI=1S/C19H39N5O3S.HI/c1-17(2)27-15-16-28(25,26)24-13-11-23(12-14-24)19(20-4)21-8-10-22-9-6-5-7-18(22)3;/h17-18H,5-16H2,1-4H3,(H,20,21);1H. The molecule has 0 spiro atoms. The molecule has 172 valence electrons. The van der Waals surface area contributed by atoms with Crippen LogP contribution in [-0.2, 0) is 14.8 Å². The van der Waals surface area contributed by atoms with Gasteiger partial charge in [0.15, 0.2) is 5.96 Å². The molecule has 2 fully saturated rings. The van der Waals surface area contributed by atoms with Gasteiger partial charge < -0.3 is 15.0 Å². The third-order valence-electron chi connectivity index (χ3n) is 5.56. The molecular formula is C19H40IN5O3S. The second-order valence-corrected chi connectivity index (χ2v) is 10.1. The minimum atomic E-state index is -3.26. The van der Waals surface area contributed by atoms with Crippen LogP contribution in [0.15, 0.2) is 4.99 Å². The fourth-order valence-electron chi connectivity index (χ4n) is 3.83. The number of sulfonamides is 1. The summed E-state index contributed by atoms with van der Waals surface area (Å²) in [6.07, 6.45) is 3.96. The van der Waals surface area contributed by atoms with Crippen molar-refractivity contribution in [2.75, 3.05) is 65.2 Å². The van der Waals surface area contributed by atoms with E-state index in [1.54, 1.807) is 11.4 Å². The Morgan fingerprint density at radius 2 is 1.86 bits per heavy atom. The average molecular weight is 546 g/mol. The largest absolute Gasteiger partial charge is 0.378 e. The molecule has 8 nitrogen and oxygen atoms in total. The second-order valence-electron chi connectivity index (χ2n) is 7.98. The molecule has 1 unspecified atom stereocenters. The van der Waals surface area contributed by atoms with Crippen molar-refractivity contribution in [3.8, 4) is 0 Å². The van der Waals surface area contributed by atoms with Crippen molar-refractivity contribution >= 4 is 40.0 Å². The van der Waals surface area contributed by atoms with Crippen LogP contribution in [0, 0.1) is 0 Å². The number of aliphatic imine (C=N–C) groups is 1. The van der Waals surface area contributed by atoms with Crippen molar-refractivity contribution in [2.45, 2.75) is 52.2 Å². The van der Waals surface area contributed by atoms with Crippen molar-refractivity contribution in [3.63, 3.8) is 0 Å². The van der Waals surface area contributed by atoms with E-state index in [1.807, 2.05) is 13.8 Å². The Labute approximate surface area is 194 Å². The van der Waals surface area contributed by atoms with Crippen LogP contribution in [0.4, 0.5) is 0 Å². The zero-order chi connectivity index (χ0) is 20.6. The van der Waals surface area contributed by atoms with Crippen molar-refractivity contribution in [1.82, 2.24) is 19.4 Å². The van der Waals surface area contributed by atoms with Crippen LogP contribution in [0.25, 0.3) is 0 Å². The molecule has 0 aromatic rings. The maximum absolute atomic E-state index is 12.5. The highest BCUT2D eigenvalue weighted by Gasteiger charge is 2.28. The van der Waals surface area contributed by atoms with Crippen molar-refractivity contribution in [3.05, 3.63) is 0 Å². The number of likely N-dealkylation sites (tertiary alicyclic amines) is 1. The molecule has 0 bridgehead atoms. The van der Waals surface area contributed by atoms with Crippen molar-refractivity contribution < 1.29 is 13.2 Å². The lowest BCUT2D eigenvalue weighted by Gasteiger charge is -2.37. The number of hydrogen-bond acceptors (Lipinski definition) is 5. The molecule has 0 saturated carbocycles. The van der Waals surface area contributed by atoms with Gasteiger partial charge in [0.25, 0.3) is 0 Å². The predicted molar refractivity (Wildman–Crippen MR) is 130 cm³/mol. The number of piperidine rings is 1. The number of nitrogens with zero attached hydrogens (tertiary/aromatic N) is 4. The zero-order valence-electron chi connectivity index (χ0n) is 18.5. The topological polar surface area (TPSA) is 77.5 Å². The molecule has 0 aromatic heterocycles. The van der Waals surface area contributed by atoms with Gasteiger partial charge in [-0.15, -0.1) is 24.0 Å². The Morgan fingerprint density at radius 3 is 2.45 bits per heavy atom. The van der Waals surface area contributed by atoms with Gasteiger partial charge in [0.2, 0.25) is 10.0 Å². The van der Waals surface area contributed by atoms with Gasteiger partial charge in [0, 0.05) is 52.4 Å². The maximum atomic E-state index is 12.5. The molecule has 29 heavy (non-hydrogen) atoms. The number of rotatable bonds is 8. The van der Waals surface area contributed by atoms with E-state index in [0.717, 1.165) is 19.0 Å². The first-order valence-electron chi connectivity index (χ1n) is 10.6. The molecule has 1 N–H and O–H groups in total. The Morgan fingerprint density at radius 1 is 1.17 bits per heavy atom. The van der Waals surface area contributed by atoms with Crippen LogP contribution in [0.2, 0.25) is 0 Å². The smallest absolute Gasteiger partial charge is 0.216 e. The quantitative estimate of drug-likeness (QED) is 0.283. The maximum Gasteiger partial charge on any atom is 0.216 e. The summed E-state index contributed by atoms with van der Waals surface area (Å²) in [7, 11) is -1.47. The van der Waals surface area contributed by atoms with Gasteiger partial charge in [-0.2, -0.15) is 4.31 Å². The highest BCUT2D eigenvalue weighted by atomic mass is 127. The van der Waals surface area contributed by atoms with Gasteiger partial charge in [-0.25, -0.2) is 8.42 Å². The van der Waals surface area contributed by atoms with Crippen LogP contribution in [-0.4, -0.2) is 106 Å². The highest BCUT2D eigenvalue weighted by Crippen LogP contribution is 2.15. The molecule has 2 aliphatic heterocycles. The van der Waals surface area contributed by atoms with E-state index in [-0.39, 0.29) is 42.4 Å². The first-order valence-corrected chi connectivity index (χ1v) is 12.2. The summed E-state index contributed by atoms with van der Waals surface area (Å²) in [5, 5.41) is 3.45. The van der Waals surface area contributed by atoms with E-state index in [1.165, 1.54) is 25.8 Å². The number of ether oxygens (including phenoxy) is 1. The van der Waals surface area contributed by atoms with Crippen LogP contribution in [0.5, 0.6) is 0 Å². The molecule has 2 saturated heterocycles. The molecule has 0 radical (unpaired) electrons. The molecule has 1 atom stereocenters. The lowest BCUT2D eigenvalue weighted by Crippen LogP contribution is -2.55. The van der Waals surface area contributed by atoms with E-state index < -0.39 is 10.0 Å². The normalized spacial score (nSPS) is 22.6. The number of nitrogens with one attached hydrogen (secondary N) is 1. The van der Waals surface area contributed by atoms with Gasteiger partial charge in [0.1, 0.15) is 0 Å². The third kappa shape index (κ3) is 8.84. The SMILES string of the molecule is CN=C(NCCN1CCCCC1C)N1CCN(S(=O)(=O)CCOC(C)C)CC1.I. The molecule has 2 heterocycles. The monoisotopic (exact) mass is 545 g/mol. The van der Waals surface area contributed by atoms with Gasteiger partial charge in [0.05, 0.1) is 18.5 Å². The minimum absolute atomic E-state index is 0. The Balaban J connectivity index is 0.00000420. The van der Waals surface area contributed by atoms with Gasteiger partial charge >= 0.3 is 0 Å².